The fourth-order valence-corrected chi connectivity index (χ4v) is 2.91. The molecule has 0 spiro atoms. The number of benzene rings is 1. The summed E-state index contributed by atoms with van der Waals surface area (Å²) in [5.74, 6) is -0.168. The number of hydrogen-bond donors (Lipinski definition) is 3. The van der Waals surface area contributed by atoms with E-state index in [0.717, 1.165) is 0 Å². The number of halogens is 2. The van der Waals surface area contributed by atoms with Crippen LogP contribution >= 0.6 is 23.2 Å². The normalized spacial score (nSPS) is 22.0. The van der Waals surface area contributed by atoms with Crippen LogP contribution in [0.3, 0.4) is 0 Å². The smallest absolute Gasteiger partial charge is 0.245 e. The lowest BCUT2D eigenvalue weighted by Gasteiger charge is -2.16. The molecule has 110 valence electrons. The Morgan fingerprint density at radius 3 is 2.85 bits per heavy atom. The summed E-state index contributed by atoms with van der Waals surface area (Å²) in [5.41, 5.74) is 0.562. The summed E-state index contributed by atoms with van der Waals surface area (Å²) in [6.45, 7) is 0.618. The number of amides is 1. The fourth-order valence-electron chi connectivity index (χ4n) is 2.45. The van der Waals surface area contributed by atoms with Gasteiger partial charge in [-0.25, -0.2) is 5.06 Å². The maximum Gasteiger partial charge on any atom is 0.245 e. The number of carbonyl (C=O) groups is 1. The molecule has 20 heavy (non-hydrogen) atoms. The molecule has 0 bridgehead atoms. The third-order valence-corrected chi connectivity index (χ3v) is 4.32. The quantitative estimate of drug-likeness (QED) is 0.591. The van der Waals surface area contributed by atoms with E-state index in [-0.39, 0.29) is 30.0 Å². The molecule has 0 unspecified atom stereocenters. The molecule has 7 heteroatoms. The van der Waals surface area contributed by atoms with Crippen molar-refractivity contribution in [3.8, 4) is 5.75 Å². The van der Waals surface area contributed by atoms with Crippen LogP contribution in [-0.2, 0) is 4.79 Å². The average molecular weight is 319 g/mol. The number of rotatable bonds is 3. The van der Waals surface area contributed by atoms with Crippen LogP contribution in [0.1, 0.15) is 24.4 Å². The standard InChI is InChI=1S/C13H16Cl2N2O3/c1-17(20)11(19)5-7-4-9(16-6-7)12-10(18)3-2-8(14)13(12)15/h2-3,7,9,16,18,20H,4-6H2,1H3/t7-,9+/m0/s1. The summed E-state index contributed by atoms with van der Waals surface area (Å²) in [6, 6.07) is 2.90. The highest BCUT2D eigenvalue weighted by molar-refractivity contribution is 6.42. The van der Waals surface area contributed by atoms with E-state index in [0.29, 0.717) is 33.6 Å². The monoisotopic (exact) mass is 318 g/mol. The Bertz CT molecular complexity index is 523. The van der Waals surface area contributed by atoms with Crippen molar-refractivity contribution >= 4 is 29.1 Å². The van der Waals surface area contributed by atoms with Gasteiger partial charge >= 0.3 is 0 Å². The predicted molar refractivity (Wildman–Crippen MR) is 76.2 cm³/mol. The van der Waals surface area contributed by atoms with Crippen LogP contribution in [0.15, 0.2) is 12.1 Å². The molecular weight excluding hydrogens is 303 g/mol. The van der Waals surface area contributed by atoms with Crippen molar-refractivity contribution in [3.63, 3.8) is 0 Å². The first-order valence-electron chi connectivity index (χ1n) is 6.25. The van der Waals surface area contributed by atoms with Crippen molar-refractivity contribution in [1.82, 2.24) is 10.4 Å². The summed E-state index contributed by atoms with van der Waals surface area (Å²) in [6.07, 6.45) is 0.892. The third kappa shape index (κ3) is 3.17. The van der Waals surface area contributed by atoms with Crippen molar-refractivity contribution in [2.45, 2.75) is 18.9 Å². The Morgan fingerprint density at radius 1 is 1.50 bits per heavy atom. The van der Waals surface area contributed by atoms with Crippen molar-refractivity contribution < 1.29 is 15.1 Å². The number of carbonyl (C=O) groups excluding carboxylic acids is 1. The minimum atomic E-state index is -0.334. The second kappa shape index (κ2) is 6.18. The number of nitrogens with one attached hydrogen (secondary N) is 1. The van der Waals surface area contributed by atoms with E-state index in [1.807, 2.05) is 0 Å². The van der Waals surface area contributed by atoms with Gasteiger partial charge in [-0.05, 0) is 31.0 Å². The Hall–Kier alpha value is -1.01. The minimum absolute atomic E-state index is 0.0801. The zero-order chi connectivity index (χ0) is 14.9. The molecule has 0 radical (unpaired) electrons. The Balaban J connectivity index is 2.10. The van der Waals surface area contributed by atoms with Gasteiger partial charge in [-0.2, -0.15) is 0 Å². The zero-order valence-corrected chi connectivity index (χ0v) is 12.4. The van der Waals surface area contributed by atoms with Crippen LogP contribution in [0.5, 0.6) is 5.75 Å². The molecule has 1 heterocycles. The van der Waals surface area contributed by atoms with Crippen molar-refractivity contribution in [1.29, 1.82) is 0 Å². The predicted octanol–water partition coefficient (Wildman–Crippen LogP) is 2.59. The molecule has 3 N–H and O–H groups in total. The van der Waals surface area contributed by atoms with Crippen LogP contribution in [0.25, 0.3) is 0 Å². The van der Waals surface area contributed by atoms with Gasteiger partial charge in [0, 0.05) is 25.1 Å². The molecule has 0 aliphatic carbocycles. The number of phenols is 1. The summed E-state index contributed by atoms with van der Waals surface area (Å²) < 4.78 is 0. The lowest BCUT2D eigenvalue weighted by molar-refractivity contribution is -0.160. The fraction of sp³-hybridized carbons (Fsp3) is 0.462. The highest BCUT2D eigenvalue weighted by Gasteiger charge is 2.31. The number of hydrogen-bond acceptors (Lipinski definition) is 4. The lowest BCUT2D eigenvalue weighted by atomic mass is 9.97. The van der Waals surface area contributed by atoms with Crippen LogP contribution in [-0.4, -0.2) is 34.9 Å². The summed E-state index contributed by atoms with van der Waals surface area (Å²) in [4.78, 5) is 11.5. The van der Waals surface area contributed by atoms with Gasteiger partial charge in [0.15, 0.2) is 0 Å². The van der Waals surface area contributed by atoms with Crippen molar-refractivity contribution in [2.75, 3.05) is 13.6 Å². The maximum atomic E-state index is 11.5. The Kier molecular flexibility index (Phi) is 4.75. The van der Waals surface area contributed by atoms with Gasteiger partial charge < -0.3 is 10.4 Å². The van der Waals surface area contributed by atoms with Gasteiger partial charge in [0.2, 0.25) is 5.91 Å². The molecular formula is C13H16Cl2N2O3. The molecule has 5 nitrogen and oxygen atoms in total. The van der Waals surface area contributed by atoms with Gasteiger partial charge in [0.25, 0.3) is 0 Å². The van der Waals surface area contributed by atoms with E-state index in [2.05, 4.69) is 5.32 Å². The molecule has 0 saturated carbocycles. The van der Waals surface area contributed by atoms with Crippen LogP contribution in [0, 0.1) is 5.92 Å². The molecule has 0 aromatic heterocycles. The molecule has 1 aliphatic heterocycles. The first-order valence-corrected chi connectivity index (χ1v) is 7.01. The van der Waals surface area contributed by atoms with Gasteiger partial charge in [0.05, 0.1) is 10.0 Å². The summed E-state index contributed by atoms with van der Waals surface area (Å²) in [7, 11) is 1.31. The first-order chi connectivity index (χ1) is 9.40. The number of phenolic OH excluding ortho intramolecular Hbond substituents is 1. The van der Waals surface area contributed by atoms with Gasteiger partial charge in [-0.1, -0.05) is 23.2 Å². The number of nitrogens with zero attached hydrogens (tertiary/aromatic N) is 1. The molecule has 1 aromatic carbocycles. The summed E-state index contributed by atoms with van der Waals surface area (Å²) >= 11 is 12.1. The molecule has 1 aliphatic rings. The maximum absolute atomic E-state index is 11.5. The summed E-state index contributed by atoms with van der Waals surface area (Å²) in [5, 5.41) is 23.5. The zero-order valence-electron chi connectivity index (χ0n) is 10.9. The van der Waals surface area contributed by atoms with E-state index in [4.69, 9.17) is 28.4 Å². The molecule has 1 fully saturated rings. The van der Waals surface area contributed by atoms with Gasteiger partial charge in [-0.3, -0.25) is 10.0 Å². The molecule has 1 amide bonds. The second-order valence-corrected chi connectivity index (χ2v) is 5.76. The van der Waals surface area contributed by atoms with Gasteiger partial charge in [-0.15, -0.1) is 0 Å². The Labute approximate surface area is 127 Å². The SMILES string of the molecule is CN(O)C(=O)C[C@H]1CN[C@@H](c2c(O)ccc(Cl)c2Cl)C1. The number of aromatic hydroxyl groups is 1. The number of hydroxylamine groups is 2. The first kappa shape index (κ1) is 15.4. The van der Waals surface area contributed by atoms with Crippen LogP contribution in [0.4, 0.5) is 0 Å². The molecule has 1 saturated heterocycles. The van der Waals surface area contributed by atoms with Crippen LogP contribution < -0.4 is 5.32 Å². The van der Waals surface area contributed by atoms with E-state index in [9.17, 15) is 9.90 Å². The van der Waals surface area contributed by atoms with Crippen molar-refractivity contribution in [3.05, 3.63) is 27.7 Å². The average Bonchev–Trinajstić information content (AvgIpc) is 2.82. The second-order valence-electron chi connectivity index (χ2n) is 4.98. The van der Waals surface area contributed by atoms with E-state index < -0.39 is 0 Å². The van der Waals surface area contributed by atoms with E-state index >= 15 is 0 Å². The van der Waals surface area contributed by atoms with Crippen molar-refractivity contribution in [2.24, 2.45) is 5.92 Å². The molecule has 2 atom stereocenters. The molecule has 2 rings (SSSR count). The van der Waals surface area contributed by atoms with E-state index in [1.54, 1.807) is 6.07 Å². The Morgan fingerprint density at radius 2 is 2.20 bits per heavy atom. The topological polar surface area (TPSA) is 72.8 Å². The van der Waals surface area contributed by atoms with E-state index in [1.165, 1.54) is 13.1 Å². The van der Waals surface area contributed by atoms with Crippen LogP contribution in [0.2, 0.25) is 10.0 Å². The molecule has 1 aromatic rings. The lowest BCUT2D eigenvalue weighted by Crippen LogP contribution is -2.25. The highest BCUT2D eigenvalue weighted by Crippen LogP contribution is 2.41. The largest absolute Gasteiger partial charge is 0.508 e. The third-order valence-electron chi connectivity index (χ3n) is 3.50. The van der Waals surface area contributed by atoms with Gasteiger partial charge in [0.1, 0.15) is 5.75 Å². The minimum Gasteiger partial charge on any atom is -0.508 e. The highest BCUT2D eigenvalue weighted by atomic mass is 35.5.